The second-order valence-corrected chi connectivity index (χ2v) is 11.3. The number of hydrogen-bond donors (Lipinski definition) is 1. The molecule has 0 spiro atoms. The van der Waals surface area contributed by atoms with Crippen molar-refractivity contribution in [1.29, 1.82) is 0 Å². The van der Waals surface area contributed by atoms with E-state index < -0.39 is 22.5 Å². The molecule has 0 radical (unpaired) electrons. The first-order valence-corrected chi connectivity index (χ1v) is 13.3. The number of nitrogens with zero attached hydrogens (tertiary/aromatic N) is 1. The van der Waals surface area contributed by atoms with Gasteiger partial charge in [-0.15, -0.1) is 0 Å². The summed E-state index contributed by atoms with van der Waals surface area (Å²) in [6.07, 6.45) is 3.28. The van der Waals surface area contributed by atoms with E-state index in [1.165, 1.54) is 41.5 Å². The van der Waals surface area contributed by atoms with E-state index in [4.69, 9.17) is 23.2 Å². The van der Waals surface area contributed by atoms with Gasteiger partial charge in [-0.3, -0.25) is 9.10 Å². The maximum absolute atomic E-state index is 13.5. The van der Waals surface area contributed by atoms with Gasteiger partial charge in [-0.05, 0) is 80.1 Å². The second kappa shape index (κ2) is 9.98. The number of carbonyl (C=O) groups is 1. The maximum atomic E-state index is 13.5. The van der Waals surface area contributed by atoms with Crippen molar-refractivity contribution in [2.24, 2.45) is 0 Å². The molecule has 3 aromatic carbocycles. The van der Waals surface area contributed by atoms with Crippen LogP contribution in [0.25, 0.3) is 0 Å². The molecular formula is C26H26Cl2N2O3S. The highest BCUT2D eigenvalue weighted by Gasteiger charge is 2.28. The summed E-state index contributed by atoms with van der Waals surface area (Å²) in [7, 11) is -4.03. The van der Waals surface area contributed by atoms with E-state index >= 15 is 0 Å². The molecule has 8 heteroatoms. The number of nitrogens with one attached hydrogen (secondary N) is 1. The Hall–Kier alpha value is -2.54. The molecule has 3 aromatic rings. The second-order valence-electron chi connectivity index (χ2n) is 8.59. The molecule has 4 rings (SSSR count). The normalized spacial score (nSPS) is 13.9. The predicted molar refractivity (Wildman–Crippen MR) is 137 cm³/mol. The quantitative estimate of drug-likeness (QED) is 0.427. The maximum Gasteiger partial charge on any atom is 0.264 e. The first kappa shape index (κ1) is 24.6. The van der Waals surface area contributed by atoms with Gasteiger partial charge in [-0.1, -0.05) is 59.1 Å². The van der Waals surface area contributed by atoms with Crippen molar-refractivity contribution < 1.29 is 13.2 Å². The number of benzene rings is 3. The summed E-state index contributed by atoms with van der Waals surface area (Å²) in [5.41, 5.74) is 4.86. The molecule has 1 amide bonds. The van der Waals surface area contributed by atoms with Crippen LogP contribution in [0.3, 0.4) is 0 Å². The number of rotatable bonds is 7. The zero-order chi connectivity index (χ0) is 24.5. The van der Waals surface area contributed by atoms with E-state index in [1.807, 2.05) is 19.9 Å². The Morgan fingerprint density at radius 3 is 2.38 bits per heavy atom. The summed E-state index contributed by atoms with van der Waals surface area (Å²) >= 11 is 12.2. The van der Waals surface area contributed by atoms with Crippen molar-refractivity contribution in [2.75, 3.05) is 10.8 Å². The third kappa shape index (κ3) is 5.24. The van der Waals surface area contributed by atoms with Crippen LogP contribution in [-0.2, 0) is 27.7 Å². The number of fused-ring (bicyclic) bond motifs is 1. The first-order chi connectivity index (χ1) is 16.1. The van der Waals surface area contributed by atoms with Gasteiger partial charge >= 0.3 is 0 Å². The van der Waals surface area contributed by atoms with Crippen LogP contribution < -0.4 is 9.62 Å². The van der Waals surface area contributed by atoms with Gasteiger partial charge in [0, 0.05) is 0 Å². The van der Waals surface area contributed by atoms with Crippen LogP contribution in [0.15, 0.2) is 65.6 Å². The molecule has 0 aromatic heterocycles. The fourth-order valence-electron chi connectivity index (χ4n) is 4.15. The highest BCUT2D eigenvalue weighted by Crippen LogP contribution is 2.31. The lowest BCUT2D eigenvalue weighted by Crippen LogP contribution is -2.41. The monoisotopic (exact) mass is 516 g/mol. The average molecular weight is 517 g/mol. The number of sulfonamides is 1. The lowest BCUT2D eigenvalue weighted by molar-refractivity contribution is -0.120. The molecule has 1 atom stereocenters. The van der Waals surface area contributed by atoms with Crippen LogP contribution in [0.5, 0.6) is 0 Å². The number of halogens is 2. The van der Waals surface area contributed by atoms with Gasteiger partial charge in [0.05, 0.1) is 26.7 Å². The van der Waals surface area contributed by atoms with Crippen LogP contribution in [0.4, 0.5) is 5.69 Å². The Labute approximate surface area is 210 Å². The van der Waals surface area contributed by atoms with Crippen molar-refractivity contribution in [2.45, 2.75) is 44.0 Å². The lowest BCUT2D eigenvalue weighted by atomic mass is 10.0. The summed E-state index contributed by atoms with van der Waals surface area (Å²) in [5.74, 6) is -0.422. The Morgan fingerprint density at radius 1 is 0.971 bits per heavy atom. The van der Waals surface area contributed by atoms with E-state index in [2.05, 4.69) is 17.4 Å². The van der Waals surface area contributed by atoms with E-state index in [-0.39, 0.29) is 21.6 Å². The number of aryl methyl sites for hydroxylation is 3. The molecule has 1 aliphatic rings. The molecule has 0 unspecified atom stereocenters. The van der Waals surface area contributed by atoms with Crippen LogP contribution in [0.2, 0.25) is 10.0 Å². The van der Waals surface area contributed by atoms with Gasteiger partial charge in [0.2, 0.25) is 5.91 Å². The summed E-state index contributed by atoms with van der Waals surface area (Å²) in [4.78, 5) is 13.1. The highest BCUT2D eigenvalue weighted by atomic mass is 35.5. The first-order valence-electron chi connectivity index (χ1n) is 11.1. The molecule has 1 aliphatic carbocycles. The van der Waals surface area contributed by atoms with Crippen molar-refractivity contribution in [1.82, 2.24) is 5.32 Å². The Balaban J connectivity index is 1.60. The van der Waals surface area contributed by atoms with Gasteiger partial charge in [-0.25, -0.2) is 8.42 Å². The number of amides is 1. The topological polar surface area (TPSA) is 66.5 Å². The zero-order valence-corrected chi connectivity index (χ0v) is 21.3. The molecule has 0 heterocycles. The minimum atomic E-state index is -4.03. The SMILES string of the molecule is Cc1ccc(S(=O)(=O)N(CC(=O)N[C@@H](C)c2ccc3c(c2)CCC3)c2ccc(Cl)c(Cl)c2)cc1. The van der Waals surface area contributed by atoms with E-state index in [0.29, 0.717) is 5.02 Å². The largest absolute Gasteiger partial charge is 0.348 e. The summed E-state index contributed by atoms with van der Waals surface area (Å²) in [6.45, 7) is 3.37. The van der Waals surface area contributed by atoms with Gasteiger partial charge < -0.3 is 5.32 Å². The van der Waals surface area contributed by atoms with Crippen molar-refractivity contribution in [3.8, 4) is 0 Å². The van der Waals surface area contributed by atoms with Gasteiger partial charge in [0.1, 0.15) is 6.54 Å². The van der Waals surface area contributed by atoms with Gasteiger partial charge in [0.25, 0.3) is 10.0 Å². The lowest BCUT2D eigenvalue weighted by Gasteiger charge is -2.25. The van der Waals surface area contributed by atoms with Crippen molar-refractivity contribution in [3.63, 3.8) is 0 Å². The molecule has 0 saturated carbocycles. The molecule has 0 saturated heterocycles. The fourth-order valence-corrected chi connectivity index (χ4v) is 5.86. The third-order valence-corrected chi connectivity index (χ3v) is 8.61. The fraction of sp³-hybridized carbons (Fsp3) is 0.269. The molecule has 0 bridgehead atoms. The van der Waals surface area contributed by atoms with Crippen LogP contribution >= 0.6 is 23.2 Å². The molecule has 1 N–H and O–H groups in total. The van der Waals surface area contributed by atoms with Gasteiger partial charge in [-0.2, -0.15) is 0 Å². The molecule has 5 nitrogen and oxygen atoms in total. The summed E-state index contributed by atoms with van der Waals surface area (Å²) < 4.78 is 28.1. The van der Waals surface area contributed by atoms with E-state index in [9.17, 15) is 13.2 Å². The molecule has 0 fully saturated rings. The minimum Gasteiger partial charge on any atom is -0.348 e. The third-order valence-electron chi connectivity index (χ3n) is 6.09. The number of anilines is 1. The highest BCUT2D eigenvalue weighted by molar-refractivity contribution is 7.92. The Kier molecular flexibility index (Phi) is 7.22. The molecular weight excluding hydrogens is 491 g/mol. The predicted octanol–water partition coefficient (Wildman–Crippen LogP) is 5.86. The molecule has 178 valence electrons. The summed E-state index contributed by atoms with van der Waals surface area (Å²) in [5, 5.41) is 3.44. The average Bonchev–Trinajstić information content (AvgIpc) is 3.27. The van der Waals surface area contributed by atoms with E-state index in [1.54, 1.807) is 12.1 Å². The van der Waals surface area contributed by atoms with E-state index in [0.717, 1.165) is 34.7 Å². The molecule has 0 aliphatic heterocycles. The Bertz CT molecular complexity index is 1320. The zero-order valence-electron chi connectivity index (χ0n) is 19.0. The van der Waals surface area contributed by atoms with Crippen LogP contribution in [0.1, 0.15) is 41.6 Å². The van der Waals surface area contributed by atoms with Gasteiger partial charge in [0.15, 0.2) is 0 Å². The standard InChI is InChI=1S/C26H26Cl2N2O3S/c1-17-6-11-23(12-7-17)34(32,33)30(22-10-13-24(27)25(28)15-22)16-26(31)29-18(2)20-9-8-19-4-3-5-21(19)14-20/h6-15,18H,3-5,16H2,1-2H3,(H,29,31)/t18-/m0/s1. The smallest absolute Gasteiger partial charge is 0.264 e. The minimum absolute atomic E-state index is 0.0867. The van der Waals surface area contributed by atoms with Crippen LogP contribution in [0, 0.1) is 6.92 Å². The summed E-state index contributed by atoms with van der Waals surface area (Å²) in [6, 6.07) is 17.0. The van der Waals surface area contributed by atoms with Crippen molar-refractivity contribution >= 4 is 44.8 Å². The molecule has 34 heavy (non-hydrogen) atoms. The van der Waals surface area contributed by atoms with Crippen LogP contribution in [-0.4, -0.2) is 20.9 Å². The Morgan fingerprint density at radius 2 is 1.68 bits per heavy atom. The number of carbonyl (C=O) groups excluding carboxylic acids is 1. The number of hydrogen-bond acceptors (Lipinski definition) is 3. The van der Waals surface area contributed by atoms with Crippen molar-refractivity contribution in [3.05, 3.63) is 93.0 Å².